The number of aromatic nitrogens is 2. The van der Waals surface area contributed by atoms with Crippen LogP contribution in [0.25, 0.3) is 11.4 Å². The molecule has 1 aromatic heterocycles. The SMILES string of the molecule is COCCCNc1cc(Nc2cc(C)cc(C)c2)nc(-c2ccccc2)n1. The molecule has 0 saturated heterocycles. The molecular formula is C22H26N4O. The van der Waals surface area contributed by atoms with Crippen LogP contribution >= 0.6 is 0 Å². The second kappa shape index (κ2) is 9.14. The molecule has 0 radical (unpaired) electrons. The van der Waals surface area contributed by atoms with Crippen LogP contribution in [-0.4, -0.2) is 30.2 Å². The van der Waals surface area contributed by atoms with Gasteiger partial charge < -0.3 is 15.4 Å². The zero-order chi connectivity index (χ0) is 19.1. The van der Waals surface area contributed by atoms with E-state index in [2.05, 4.69) is 47.7 Å². The molecule has 0 unspecified atom stereocenters. The molecule has 3 rings (SSSR count). The fourth-order valence-electron chi connectivity index (χ4n) is 2.95. The number of hydrogen-bond acceptors (Lipinski definition) is 5. The summed E-state index contributed by atoms with van der Waals surface area (Å²) in [6.45, 7) is 5.70. The minimum atomic E-state index is 0.694. The minimum absolute atomic E-state index is 0.694. The van der Waals surface area contributed by atoms with E-state index in [1.807, 2.05) is 36.4 Å². The van der Waals surface area contributed by atoms with E-state index >= 15 is 0 Å². The molecule has 0 amide bonds. The van der Waals surface area contributed by atoms with Gasteiger partial charge in [0.2, 0.25) is 0 Å². The molecule has 0 bridgehead atoms. The maximum Gasteiger partial charge on any atom is 0.163 e. The van der Waals surface area contributed by atoms with Gasteiger partial charge in [0.15, 0.2) is 5.82 Å². The van der Waals surface area contributed by atoms with Crippen molar-refractivity contribution in [3.05, 3.63) is 65.7 Å². The third-order valence-corrected chi connectivity index (χ3v) is 4.08. The largest absolute Gasteiger partial charge is 0.385 e. The standard InChI is InChI=1S/C22H26N4O/c1-16-12-17(2)14-19(13-16)24-21-15-20(23-10-7-11-27-3)25-22(26-21)18-8-5-4-6-9-18/h4-6,8-9,12-15H,7,10-11H2,1-3H3,(H2,23,24,25,26). The average Bonchev–Trinajstić information content (AvgIpc) is 2.65. The first-order chi connectivity index (χ1) is 13.1. The molecular weight excluding hydrogens is 336 g/mol. The molecule has 0 fully saturated rings. The van der Waals surface area contributed by atoms with E-state index in [4.69, 9.17) is 9.72 Å². The summed E-state index contributed by atoms with van der Waals surface area (Å²) in [7, 11) is 1.71. The molecule has 3 aromatic rings. The molecule has 27 heavy (non-hydrogen) atoms. The Bertz CT molecular complexity index is 860. The molecule has 0 aliphatic carbocycles. The van der Waals surface area contributed by atoms with Crippen LogP contribution in [0.4, 0.5) is 17.3 Å². The van der Waals surface area contributed by atoms with Crippen LogP contribution in [0.15, 0.2) is 54.6 Å². The van der Waals surface area contributed by atoms with Crippen LogP contribution in [0, 0.1) is 13.8 Å². The van der Waals surface area contributed by atoms with Crippen molar-refractivity contribution in [2.75, 3.05) is 30.9 Å². The van der Waals surface area contributed by atoms with Gasteiger partial charge in [0, 0.05) is 37.6 Å². The highest BCUT2D eigenvalue weighted by Gasteiger charge is 2.08. The predicted molar refractivity (Wildman–Crippen MR) is 112 cm³/mol. The summed E-state index contributed by atoms with van der Waals surface area (Å²) in [5.74, 6) is 2.26. The van der Waals surface area contributed by atoms with Crippen molar-refractivity contribution in [2.24, 2.45) is 0 Å². The fraction of sp³-hybridized carbons (Fsp3) is 0.273. The Morgan fingerprint density at radius 2 is 1.59 bits per heavy atom. The first kappa shape index (κ1) is 18.9. The zero-order valence-electron chi connectivity index (χ0n) is 16.1. The summed E-state index contributed by atoms with van der Waals surface area (Å²) >= 11 is 0. The van der Waals surface area contributed by atoms with Gasteiger partial charge in [-0.1, -0.05) is 36.4 Å². The summed E-state index contributed by atoms with van der Waals surface area (Å²) in [5.41, 5.74) is 4.44. The van der Waals surface area contributed by atoms with E-state index in [1.54, 1.807) is 7.11 Å². The van der Waals surface area contributed by atoms with Crippen LogP contribution < -0.4 is 10.6 Å². The highest BCUT2D eigenvalue weighted by atomic mass is 16.5. The number of hydrogen-bond donors (Lipinski definition) is 2. The fourth-order valence-corrected chi connectivity index (χ4v) is 2.95. The van der Waals surface area contributed by atoms with Crippen molar-refractivity contribution >= 4 is 17.3 Å². The lowest BCUT2D eigenvalue weighted by Crippen LogP contribution is -2.08. The first-order valence-electron chi connectivity index (χ1n) is 9.16. The second-order valence-electron chi connectivity index (χ2n) is 6.60. The van der Waals surface area contributed by atoms with E-state index in [0.717, 1.165) is 42.5 Å². The number of aryl methyl sites for hydroxylation is 2. The third kappa shape index (κ3) is 5.53. The number of ether oxygens (including phenoxy) is 1. The maximum absolute atomic E-state index is 5.11. The van der Waals surface area contributed by atoms with Gasteiger partial charge >= 0.3 is 0 Å². The van der Waals surface area contributed by atoms with Gasteiger partial charge in [-0.3, -0.25) is 0 Å². The number of methoxy groups -OCH3 is 1. The smallest absolute Gasteiger partial charge is 0.163 e. The second-order valence-corrected chi connectivity index (χ2v) is 6.60. The van der Waals surface area contributed by atoms with Gasteiger partial charge in [-0.2, -0.15) is 0 Å². The molecule has 0 aliphatic heterocycles. The monoisotopic (exact) mass is 362 g/mol. The molecule has 1 heterocycles. The van der Waals surface area contributed by atoms with Gasteiger partial charge in [0.1, 0.15) is 11.6 Å². The first-order valence-corrected chi connectivity index (χ1v) is 9.16. The van der Waals surface area contributed by atoms with Crippen LogP contribution in [0.1, 0.15) is 17.5 Å². The third-order valence-electron chi connectivity index (χ3n) is 4.08. The van der Waals surface area contributed by atoms with E-state index in [-0.39, 0.29) is 0 Å². The minimum Gasteiger partial charge on any atom is -0.385 e. The highest BCUT2D eigenvalue weighted by Crippen LogP contribution is 2.24. The Balaban J connectivity index is 1.89. The van der Waals surface area contributed by atoms with Gasteiger partial charge in [0.25, 0.3) is 0 Å². The number of nitrogens with zero attached hydrogens (tertiary/aromatic N) is 2. The average molecular weight is 362 g/mol. The van der Waals surface area contributed by atoms with Crippen molar-refractivity contribution in [2.45, 2.75) is 20.3 Å². The number of anilines is 3. The molecule has 0 aliphatic rings. The summed E-state index contributed by atoms with van der Waals surface area (Å²) in [6, 6.07) is 18.3. The lowest BCUT2D eigenvalue weighted by Gasteiger charge is -2.12. The molecule has 0 spiro atoms. The Kier molecular flexibility index (Phi) is 6.39. The van der Waals surface area contributed by atoms with Crippen LogP contribution in [0.5, 0.6) is 0 Å². The van der Waals surface area contributed by atoms with Gasteiger partial charge in [0.05, 0.1) is 0 Å². The van der Waals surface area contributed by atoms with Crippen LogP contribution in [-0.2, 0) is 4.74 Å². The van der Waals surface area contributed by atoms with Crippen molar-refractivity contribution < 1.29 is 4.74 Å². The number of benzene rings is 2. The number of rotatable bonds is 8. The Morgan fingerprint density at radius 3 is 2.30 bits per heavy atom. The van der Waals surface area contributed by atoms with Crippen molar-refractivity contribution in [1.29, 1.82) is 0 Å². The molecule has 140 valence electrons. The Hall–Kier alpha value is -2.92. The highest BCUT2D eigenvalue weighted by molar-refractivity contribution is 5.65. The van der Waals surface area contributed by atoms with Crippen molar-refractivity contribution in [3.63, 3.8) is 0 Å². The van der Waals surface area contributed by atoms with E-state index in [0.29, 0.717) is 5.82 Å². The van der Waals surface area contributed by atoms with Crippen LogP contribution in [0.2, 0.25) is 0 Å². The lowest BCUT2D eigenvalue weighted by molar-refractivity contribution is 0.198. The summed E-state index contributed by atoms with van der Waals surface area (Å²) in [4.78, 5) is 9.39. The summed E-state index contributed by atoms with van der Waals surface area (Å²) < 4.78 is 5.11. The van der Waals surface area contributed by atoms with Crippen molar-refractivity contribution in [3.8, 4) is 11.4 Å². The van der Waals surface area contributed by atoms with Gasteiger partial charge in [-0.15, -0.1) is 0 Å². The molecule has 0 atom stereocenters. The zero-order valence-corrected chi connectivity index (χ0v) is 16.1. The quantitative estimate of drug-likeness (QED) is 0.555. The molecule has 5 nitrogen and oxygen atoms in total. The Labute approximate surface area is 160 Å². The summed E-state index contributed by atoms with van der Waals surface area (Å²) in [6.07, 6.45) is 0.918. The lowest BCUT2D eigenvalue weighted by atomic mass is 10.1. The Morgan fingerprint density at radius 1 is 0.889 bits per heavy atom. The van der Waals surface area contributed by atoms with Gasteiger partial charge in [-0.25, -0.2) is 9.97 Å². The van der Waals surface area contributed by atoms with Crippen LogP contribution in [0.3, 0.4) is 0 Å². The van der Waals surface area contributed by atoms with E-state index in [9.17, 15) is 0 Å². The predicted octanol–water partition coefficient (Wildman–Crippen LogP) is 4.95. The van der Waals surface area contributed by atoms with E-state index < -0.39 is 0 Å². The molecule has 5 heteroatoms. The summed E-state index contributed by atoms with van der Waals surface area (Å²) in [5, 5.41) is 6.79. The molecule has 2 aromatic carbocycles. The molecule has 0 saturated carbocycles. The maximum atomic E-state index is 5.11. The molecule has 2 N–H and O–H groups in total. The van der Waals surface area contributed by atoms with E-state index in [1.165, 1.54) is 11.1 Å². The topological polar surface area (TPSA) is 59.1 Å². The van der Waals surface area contributed by atoms with Crippen molar-refractivity contribution in [1.82, 2.24) is 9.97 Å². The number of nitrogens with one attached hydrogen (secondary N) is 2. The normalized spacial score (nSPS) is 10.6. The van der Waals surface area contributed by atoms with Gasteiger partial charge in [-0.05, 0) is 43.5 Å².